The number of rotatable bonds is 5. The number of anilines is 1. The van der Waals surface area contributed by atoms with E-state index >= 15 is 0 Å². The van der Waals surface area contributed by atoms with Crippen LogP contribution in [0.2, 0.25) is 0 Å². The Balaban J connectivity index is 1.27. The highest BCUT2D eigenvalue weighted by Gasteiger charge is 2.21. The van der Waals surface area contributed by atoms with E-state index in [0.717, 1.165) is 24.2 Å². The minimum Gasteiger partial charge on any atom is -0.484 e. The van der Waals surface area contributed by atoms with Gasteiger partial charge in [0.1, 0.15) is 5.75 Å². The molecular formula is C25H23N3O2. The summed E-state index contributed by atoms with van der Waals surface area (Å²) in [6, 6.07) is 27.5. The van der Waals surface area contributed by atoms with E-state index in [9.17, 15) is 4.79 Å². The molecule has 3 aromatic rings. The van der Waals surface area contributed by atoms with Crippen LogP contribution in [0, 0.1) is 11.3 Å². The van der Waals surface area contributed by atoms with Crippen molar-refractivity contribution in [3.63, 3.8) is 0 Å². The lowest BCUT2D eigenvalue weighted by Gasteiger charge is -2.36. The first-order valence-electron chi connectivity index (χ1n) is 10.0. The van der Waals surface area contributed by atoms with E-state index in [0.29, 0.717) is 24.4 Å². The molecule has 0 N–H and O–H groups in total. The molecule has 0 aromatic heterocycles. The second-order valence-electron chi connectivity index (χ2n) is 7.21. The second kappa shape index (κ2) is 9.15. The zero-order valence-corrected chi connectivity index (χ0v) is 16.7. The third-order valence-corrected chi connectivity index (χ3v) is 5.32. The summed E-state index contributed by atoms with van der Waals surface area (Å²) < 4.78 is 5.71. The van der Waals surface area contributed by atoms with Gasteiger partial charge < -0.3 is 14.5 Å². The van der Waals surface area contributed by atoms with E-state index in [1.54, 1.807) is 12.1 Å². The highest BCUT2D eigenvalue weighted by molar-refractivity contribution is 5.78. The predicted octanol–water partition coefficient (Wildman–Crippen LogP) is 3.95. The molecule has 1 aliphatic heterocycles. The van der Waals surface area contributed by atoms with Gasteiger partial charge >= 0.3 is 0 Å². The smallest absolute Gasteiger partial charge is 0.260 e. The van der Waals surface area contributed by atoms with Crippen molar-refractivity contribution >= 4 is 11.6 Å². The number of benzene rings is 3. The lowest BCUT2D eigenvalue weighted by molar-refractivity contribution is -0.133. The minimum atomic E-state index is 0.0129. The van der Waals surface area contributed by atoms with Crippen LogP contribution in [0.3, 0.4) is 0 Å². The van der Waals surface area contributed by atoms with Crippen LogP contribution in [0.25, 0.3) is 11.1 Å². The fourth-order valence-corrected chi connectivity index (χ4v) is 3.57. The summed E-state index contributed by atoms with van der Waals surface area (Å²) in [4.78, 5) is 16.7. The van der Waals surface area contributed by atoms with Gasteiger partial charge in [0.25, 0.3) is 5.91 Å². The zero-order valence-electron chi connectivity index (χ0n) is 16.7. The molecule has 0 atom stereocenters. The first-order valence-corrected chi connectivity index (χ1v) is 10.0. The molecule has 0 aliphatic carbocycles. The van der Waals surface area contributed by atoms with Crippen LogP contribution in [0.4, 0.5) is 5.69 Å². The molecule has 150 valence electrons. The largest absolute Gasteiger partial charge is 0.484 e. The number of nitrogens with zero attached hydrogens (tertiary/aromatic N) is 3. The topological polar surface area (TPSA) is 56.6 Å². The third kappa shape index (κ3) is 4.61. The highest BCUT2D eigenvalue weighted by Crippen LogP contribution is 2.23. The zero-order chi connectivity index (χ0) is 20.8. The lowest BCUT2D eigenvalue weighted by Crippen LogP contribution is -2.50. The van der Waals surface area contributed by atoms with Gasteiger partial charge in [-0.2, -0.15) is 5.26 Å². The monoisotopic (exact) mass is 397 g/mol. The first-order chi connectivity index (χ1) is 14.7. The van der Waals surface area contributed by atoms with Gasteiger partial charge in [0.2, 0.25) is 0 Å². The van der Waals surface area contributed by atoms with E-state index in [-0.39, 0.29) is 12.5 Å². The fourth-order valence-electron chi connectivity index (χ4n) is 3.57. The van der Waals surface area contributed by atoms with Gasteiger partial charge in [-0.05, 0) is 47.5 Å². The number of piperazine rings is 1. The molecule has 5 nitrogen and oxygen atoms in total. The van der Waals surface area contributed by atoms with E-state index < -0.39 is 0 Å². The van der Waals surface area contributed by atoms with E-state index in [1.165, 1.54) is 5.69 Å². The van der Waals surface area contributed by atoms with Crippen molar-refractivity contribution in [2.45, 2.75) is 0 Å². The van der Waals surface area contributed by atoms with Crippen LogP contribution in [0.5, 0.6) is 5.75 Å². The van der Waals surface area contributed by atoms with Crippen molar-refractivity contribution < 1.29 is 9.53 Å². The quantitative estimate of drug-likeness (QED) is 0.654. The Labute approximate surface area is 176 Å². The Morgan fingerprint density at radius 3 is 2.03 bits per heavy atom. The van der Waals surface area contributed by atoms with Gasteiger partial charge in [-0.1, -0.05) is 42.5 Å². The first kappa shape index (κ1) is 19.5. The number of nitriles is 1. The molecule has 0 bridgehead atoms. The standard InChI is InChI=1S/C25H23N3O2/c26-18-20-6-8-21(9-7-20)22-10-12-24(13-11-22)30-19-25(29)28-16-14-27(15-17-28)23-4-2-1-3-5-23/h1-13H,14-17,19H2. The average molecular weight is 397 g/mol. The molecule has 1 heterocycles. The maximum atomic E-state index is 12.5. The van der Waals surface area contributed by atoms with Gasteiger partial charge in [0, 0.05) is 31.9 Å². The summed E-state index contributed by atoms with van der Waals surface area (Å²) in [5, 5.41) is 8.90. The van der Waals surface area contributed by atoms with Crippen molar-refractivity contribution in [1.29, 1.82) is 5.26 Å². The molecule has 1 saturated heterocycles. The van der Waals surface area contributed by atoms with Crippen LogP contribution in [0.1, 0.15) is 5.56 Å². The normalized spacial score (nSPS) is 13.6. The summed E-state index contributed by atoms with van der Waals surface area (Å²) in [6.45, 7) is 3.11. The van der Waals surface area contributed by atoms with Crippen LogP contribution in [-0.4, -0.2) is 43.6 Å². The molecule has 5 heteroatoms. The van der Waals surface area contributed by atoms with Gasteiger partial charge in [-0.3, -0.25) is 4.79 Å². The number of hydrogen-bond donors (Lipinski definition) is 0. The van der Waals surface area contributed by atoms with Gasteiger partial charge in [-0.25, -0.2) is 0 Å². The third-order valence-electron chi connectivity index (χ3n) is 5.32. The van der Waals surface area contributed by atoms with Gasteiger partial charge in [0.15, 0.2) is 6.61 Å². The molecular weight excluding hydrogens is 374 g/mol. The summed E-state index contributed by atoms with van der Waals surface area (Å²) in [7, 11) is 0. The molecule has 0 saturated carbocycles. The number of carbonyl (C=O) groups excluding carboxylic acids is 1. The summed E-state index contributed by atoms with van der Waals surface area (Å²) in [5.74, 6) is 0.683. The average Bonchev–Trinajstić information content (AvgIpc) is 2.83. The molecule has 0 unspecified atom stereocenters. The molecule has 30 heavy (non-hydrogen) atoms. The van der Waals surface area contributed by atoms with Crippen LogP contribution in [-0.2, 0) is 4.79 Å². The number of amides is 1. The molecule has 1 fully saturated rings. The van der Waals surface area contributed by atoms with Crippen molar-refractivity contribution in [1.82, 2.24) is 4.90 Å². The van der Waals surface area contributed by atoms with Gasteiger partial charge in [-0.15, -0.1) is 0 Å². The number of hydrogen-bond acceptors (Lipinski definition) is 4. The number of carbonyl (C=O) groups is 1. The summed E-state index contributed by atoms with van der Waals surface area (Å²) in [5.41, 5.74) is 3.91. The highest BCUT2D eigenvalue weighted by atomic mass is 16.5. The molecule has 0 radical (unpaired) electrons. The van der Waals surface area contributed by atoms with E-state index in [1.807, 2.05) is 59.5 Å². The Morgan fingerprint density at radius 1 is 0.833 bits per heavy atom. The van der Waals surface area contributed by atoms with E-state index in [4.69, 9.17) is 10.00 Å². The van der Waals surface area contributed by atoms with Gasteiger partial charge in [0.05, 0.1) is 11.6 Å². The maximum absolute atomic E-state index is 12.5. The van der Waals surface area contributed by atoms with Crippen LogP contribution < -0.4 is 9.64 Å². The van der Waals surface area contributed by atoms with Crippen molar-refractivity contribution in [3.05, 3.63) is 84.4 Å². The van der Waals surface area contributed by atoms with Crippen molar-refractivity contribution in [2.75, 3.05) is 37.7 Å². The SMILES string of the molecule is N#Cc1ccc(-c2ccc(OCC(=O)N3CCN(c4ccccc4)CC3)cc2)cc1. The summed E-state index contributed by atoms with van der Waals surface area (Å²) in [6.07, 6.45) is 0. The molecule has 0 spiro atoms. The minimum absolute atomic E-state index is 0.0129. The van der Waals surface area contributed by atoms with Crippen molar-refractivity contribution in [3.8, 4) is 22.9 Å². The molecule has 1 aliphatic rings. The molecule has 1 amide bonds. The maximum Gasteiger partial charge on any atom is 0.260 e. The Hall–Kier alpha value is -3.78. The van der Waals surface area contributed by atoms with E-state index in [2.05, 4.69) is 23.1 Å². The Bertz CT molecular complexity index is 1020. The summed E-state index contributed by atoms with van der Waals surface area (Å²) >= 11 is 0. The number of ether oxygens (including phenoxy) is 1. The second-order valence-corrected chi connectivity index (χ2v) is 7.21. The fraction of sp³-hybridized carbons (Fsp3) is 0.200. The molecule has 3 aromatic carbocycles. The number of para-hydroxylation sites is 1. The van der Waals surface area contributed by atoms with Crippen LogP contribution >= 0.6 is 0 Å². The molecule has 4 rings (SSSR count). The van der Waals surface area contributed by atoms with Crippen molar-refractivity contribution in [2.24, 2.45) is 0 Å². The Morgan fingerprint density at radius 2 is 1.43 bits per heavy atom. The van der Waals surface area contributed by atoms with Crippen LogP contribution in [0.15, 0.2) is 78.9 Å². The lowest BCUT2D eigenvalue weighted by atomic mass is 10.0. The Kier molecular flexibility index (Phi) is 5.95. The predicted molar refractivity (Wildman–Crippen MR) is 117 cm³/mol.